The van der Waals surface area contributed by atoms with E-state index >= 15 is 0 Å². The van der Waals surface area contributed by atoms with Gasteiger partial charge in [-0.05, 0) is 36.4 Å². The van der Waals surface area contributed by atoms with E-state index in [4.69, 9.17) is 4.74 Å². The van der Waals surface area contributed by atoms with Crippen molar-refractivity contribution in [3.8, 4) is 0 Å². The molecule has 0 aliphatic carbocycles. The third kappa shape index (κ3) is 7.40. The van der Waals surface area contributed by atoms with E-state index < -0.39 is 29.7 Å². The standard InChI is InChI=1S/C27H25N3O5/c1-35-27(34)23(30-26(33)21-15-9-4-10-16-21)17-22(29-25(32)20-13-7-3-8-14-20)18-28-24(31)19-11-5-2-6-12-19/h2-16,18,23H,17H2,1H3,(H,28,31)(H,29,32)(H,30,33)/b22-18+. The minimum atomic E-state index is -1.12. The average molecular weight is 472 g/mol. The Labute approximate surface area is 203 Å². The fourth-order valence-corrected chi connectivity index (χ4v) is 3.17. The van der Waals surface area contributed by atoms with Crippen molar-refractivity contribution in [2.24, 2.45) is 0 Å². The van der Waals surface area contributed by atoms with Gasteiger partial charge >= 0.3 is 5.97 Å². The van der Waals surface area contributed by atoms with E-state index in [0.717, 1.165) is 0 Å². The van der Waals surface area contributed by atoms with Gasteiger partial charge in [0.25, 0.3) is 17.7 Å². The van der Waals surface area contributed by atoms with Gasteiger partial charge in [-0.1, -0.05) is 54.6 Å². The second-order valence-corrected chi connectivity index (χ2v) is 7.45. The summed E-state index contributed by atoms with van der Waals surface area (Å²) in [6, 6.07) is 24.3. The molecule has 35 heavy (non-hydrogen) atoms. The summed E-state index contributed by atoms with van der Waals surface area (Å²) >= 11 is 0. The van der Waals surface area contributed by atoms with Crippen LogP contribution in [0.15, 0.2) is 103 Å². The fraction of sp³-hybridized carbons (Fsp3) is 0.111. The van der Waals surface area contributed by atoms with E-state index in [9.17, 15) is 19.2 Å². The number of benzene rings is 3. The average Bonchev–Trinajstić information content (AvgIpc) is 2.91. The monoisotopic (exact) mass is 471 g/mol. The number of amides is 3. The van der Waals surface area contributed by atoms with Crippen LogP contribution in [0.25, 0.3) is 0 Å². The Morgan fingerprint density at radius 3 is 1.66 bits per heavy atom. The van der Waals surface area contributed by atoms with Crippen molar-refractivity contribution in [2.45, 2.75) is 12.5 Å². The van der Waals surface area contributed by atoms with E-state index in [1.807, 2.05) is 0 Å². The number of hydrogen-bond acceptors (Lipinski definition) is 5. The smallest absolute Gasteiger partial charge is 0.328 e. The Kier molecular flexibility index (Phi) is 8.90. The first-order valence-electron chi connectivity index (χ1n) is 10.8. The third-order valence-corrected chi connectivity index (χ3v) is 4.97. The lowest BCUT2D eigenvalue weighted by atomic mass is 10.1. The molecule has 0 aliphatic rings. The summed E-state index contributed by atoms with van der Waals surface area (Å²) in [6.07, 6.45) is 1.17. The summed E-state index contributed by atoms with van der Waals surface area (Å²) in [4.78, 5) is 50.4. The lowest BCUT2D eigenvalue weighted by Gasteiger charge is -2.19. The van der Waals surface area contributed by atoms with Gasteiger partial charge in [0, 0.05) is 35.0 Å². The number of nitrogens with one attached hydrogen (secondary N) is 3. The highest BCUT2D eigenvalue weighted by Crippen LogP contribution is 2.09. The number of hydrogen-bond donors (Lipinski definition) is 3. The Morgan fingerprint density at radius 2 is 1.17 bits per heavy atom. The van der Waals surface area contributed by atoms with E-state index in [-0.39, 0.29) is 12.1 Å². The fourth-order valence-electron chi connectivity index (χ4n) is 3.17. The molecule has 0 bridgehead atoms. The number of carbonyl (C=O) groups excluding carboxylic acids is 4. The molecule has 0 aliphatic heterocycles. The van der Waals surface area contributed by atoms with E-state index in [0.29, 0.717) is 16.7 Å². The second-order valence-electron chi connectivity index (χ2n) is 7.45. The maximum Gasteiger partial charge on any atom is 0.328 e. The Bertz CT molecular complexity index is 1200. The van der Waals surface area contributed by atoms with Crippen molar-refractivity contribution >= 4 is 23.7 Å². The quantitative estimate of drug-likeness (QED) is 0.415. The molecule has 1 unspecified atom stereocenters. The first-order chi connectivity index (χ1) is 17.0. The van der Waals surface area contributed by atoms with Gasteiger partial charge in [0.15, 0.2) is 0 Å². The number of rotatable bonds is 9. The predicted octanol–water partition coefficient (Wildman–Crippen LogP) is 3.05. The molecule has 3 aromatic rings. The zero-order valence-electron chi connectivity index (χ0n) is 19.1. The number of carbonyl (C=O) groups is 4. The zero-order valence-corrected chi connectivity index (χ0v) is 19.1. The highest BCUT2D eigenvalue weighted by Gasteiger charge is 2.24. The number of methoxy groups -OCH3 is 1. The highest BCUT2D eigenvalue weighted by molar-refractivity contribution is 5.98. The largest absolute Gasteiger partial charge is 0.467 e. The van der Waals surface area contributed by atoms with Crippen LogP contribution in [0.1, 0.15) is 37.5 Å². The van der Waals surface area contributed by atoms with E-state index in [1.165, 1.54) is 13.3 Å². The molecular weight excluding hydrogens is 446 g/mol. The van der Waals surface area contributed by atoms with Crippen molar-refractivity contribution < 1.29 is 23.9 Å². The Balaban J connectivity index is 1.83. The van der Waals surface area contributed by atoms with Crippen molar-refractivity contribution in [1.29, 1.82) is 0 Å². The Hall–Kier alpha value is -4.72. The minimum absolute atomic E-state index is 0.140. The van der Waals surface area contributed by atoms with Crippen molar-refractivity contribution in [3.63, 3.8) is 0 Å². The van der Waals surface area contributed by atoms with E-state index in [2.05, 4.69) is 16.0 Å². The highest BCUT2D eigenvalue weighted by atomic mass is 16.5. The molecule has 0 aromatic heterocycles. The first kappa shape index (κ1) is 24.9. The molecule has 3 N–H and O–H groups in total. The van der Waals surface area contributed by atoms with Crippen LogP contribution in [0.4, 0.5) is 0 Å². The molecule has 1 atom stereocenters. The van der Waals surface area contributed by atoms with Crippen LogP contribution in [-0.2, 0) is 9.53 Å². The van der Waals surface area contributed by atoms with Gasteiger partial charge in [0.05, 0.1) is 7.11 Å². The molecule has 0 saturated heterocycles. The molecule has 0 spiro atoms. The van der Waals surface area contributed by atoms with Crippen LogP contribution < -0.4 is 16.0 Å². The van der Waals surface area contributed by atoms with Gasteiger partial charge in [-0.2, -0.15) is 0 Å². The normalized spacial score (nSPS) is 11.6. The third-order valence-electron chi connectivity index (χ3n) is 4.97. The molecule has 0 heterocycles. The van der Waals surface area contributed by atoms with Gasteiger partial charge in [0.2, 0.25) is 0 Å². The first-order valence-corrected chi connectivity index (χ1v) is 10.8. The molecule has 178 valence electrons. The van der Waals surface area contributed by atoms with Crippen LogP contribution in [0, 0.1) is 0 Å². The van der Waals surface area contributed by atoms with Crippen molar-refractivity contribution in [3.05, 3.63) is 120 Å². The van der Waals surface area contributed by atoms with Gasteiger partial charge in [-0.3, -0.25) is 14.4 Å². The number of ether oxygens (including phenoxy) is 1. The molecule has 0 fully saturated rings. The van der Waals surface area contributed by atoms with E-state index in [1.54, 1.807) is 91.0 Å². The molecule has 0 radical (unpaired) electrons. The second kappa shape index (κ2) is 12.5. The van der Waals surface area contributed by atoms with Crippen molar-refractivity contribution in [2.75, 3.05) is 7.11 Å². The number of esters is 1. The summed E-state index contributed by atoms with van der Waals surface area (Å²) in [5.41, 5.74) is 1.36. The minimum Gasteiger partial charge on any atom is -0.467 e. The maximum absolute atomic E-state index is 12.8. The van der Waals surface area contributed by atoms with Crippen LogP contribution in [0.3, 0.4) is 0 Å². The van der Waals surface area contributed by atoms with Crippen LogP contribution in [0.2, 0.25) is 0 Å². The summed E-state index contributed by atoms with van der Waals surface area (Å²) in [5.74, 6) is -2.03. The lowest BCUT2D eigenvalue weighted by molar-refractivity contribution is -0.142. The van der Waals surface area contributed by atoms with Gasteiger partial charge in [-0.25, -0.2) is 4.79 Å². The van der Waals surface area contributed by atoms with Gasteiger partial charge in [0.1, 0.15) is 6.04 Å². The van der Waals surface area contributed by atoms with Gasteiger partial charge < -0.3 is 20.7 Å². The SMILES string of the molecule is COC(=O)C(C/C(=C\NC(=O)c1ccccc1)NC(=O)c1ccccc1)NC(=O)c1ccccc1. The molecule has 3 rings (SSSR count). The summed E-state index contributed by atoms with van der Waals surface area (Å²) in [6.45, 7) is 0. The topological polar surface area (TPSA) is 114 Å². The van der Waals surface area contributed by atoms with Crippen molar-refractivity contribution in [1.82, 2.24) is 16.0 Å². The zero-order chi connectivity index (χ0) is 25.0. The summed E-state index contributed by atoms with van der Waals surface area (Å²) in [7, 11) is 1.20. The molecule has 3 amide bonds. The summed E-state index contributed by atoms with van der Waals surface area (Å²) in [5, 5.41) is 7.96. The maximum atomic E-state index is 12.8. The molecule has 8 heteroatoms. The van der Waals surface area contributed by atoms with Crippen LogP contribution >= 0.6 is 0 Å². The molecular formula is C27H25N3O5. The van der Waals surface area contributed by atoms with Crippen LogP contribution in [-0.4, -0.2) is 36.8 Å². The predicted molar refractivity (Wildman–Crippen MR) is 130 cm³/mol. The molecule has 3 aromatic carbocycles. The van der Waals surface area contributed by atoms with Crippen LogP contribution in [0.5, 0.6) is 0 Å². The van der Waals surface area contributed by atoms with Gasteiger partial charge in [-0.15, -0.1) is 0 Å². The summed E-state index contributed by atoms with van der Waals surface area (Å²) < 4.78 is 4.85. The lowest BCUT2D eigenvalue weighted by Crippen LogP contribution is -2.43. The Morgan fingerprint density at radius 1 is 0.714 bits per heavy atom. The molecule has 8 nitrogen and oxygen atoms in total. The molecule has 0 saturated carbocycles.